The minimum Gasteiger partial charge on any atom is -0.364 e. The summed E-state index contributed by atoms with van der Waals surface area (Å²) in [4.78, 5) is 4.16. The molecular formula is C15H22BrFN6O4S2. The van der Waals surface area contributed by atoms with E-state index in [4.69, 9.17) is 14.2 Å². The van der Waals surface area contributed by atoms with Crippen molar-refractivity contribution in [2.45, 2.75) is 18.1 Å². The van der Waals surface area contributed by atoms with Crippen molar-refractivity contribution in [2.24, 2.45) is 10.1 Å². The first-order valence-corrected chi connectivity index (χ1v) is 12.2. The Bertz CT molecular complexity index is 831. The number of hydrogen-bond donors (Lipinski definition) is 6. The minimum absolute atomic E-state index is 0.0208. The normalized spacial score (nSPS) is 14.8. The van der Waals surface area contributed by atoms with Crippen molar-refractivity contribution < 1.29 is 23.3 Å². The first kappa shape index (κ1) is 23.9. The van der Waals surface area contributed by atoms with Crippen molar-refractivity contribution in [1.29, 1.82) is 0 Å². The average molecular weight is 513 g/mol. The predicted octanol–water partition coefficient (Wildman–Crippen LogP) is 3.58. The fourth-order valence-corrected chi connectivity index (χ4v) is 3.46. The molecule has 0 aliphatic heterocycles. The lowest BCUT2D eigenvalue weighted by Crippen LogP contribution is -2.22. The van der Waals surface area contributed by atoms with Gasteiger partial charge < -0.3 is 5.32 Å². The molecule has 162 valence electrons. The van der Waals surface area contributed by atoms with Gasteiger partial charge in [-0.1, -0.05) is 0 Å². The SMILES string of the molecule is CSCCNc1nonc1C(=Nc1ccc(F)c(Br)c1)NO.NS(O)(O)C1CC1. The standard InChI is InChI=1S/C12H13BrFN5O2S.C3H9NO2S/c1-22-5-4-15-11-10(18-21-19-11)12(17-20)16-7-2-3-9(14)8(13)6-7;4-7(5,6)3-1-2-3/h2-3,6,20H,4-5H2,1H3,(H,15,19)(H,16,17);3,5-6H,1-2,4H2. The topological polar surface area (TPSA) is 162 Å². The van der Waals surface area contributed by atoms with E-state index in [1.54, 1.807) is 11.8 Å². The quantitative estimate of drug-likeness (QED) is 0.140. The number of benzene rings is 1. The third-order valence-electron chi connectivity index (χ3n) is 3.58. The Balaban J connectivity index is 0.000000360. The smallest absolute Gasteiger partial charge is 0.202 e. The molecule has 0 saturated heterocycles. The number of nitrogens with one attached hydrogen (secondary N) is 2. The van der Waals surface area contributed by atoms with Crippen molar-refractivity contribution in [1.82, 2.24) is 15.8 Å². The summed E-state index contributed by atoms with van der Waals surface area (Å²) in [5, 5.41) is 24.7. The molecule has 0 radical (unpaired) electrons. The molecule has 0 unspecified atom stereocenters. The number of rotatable bonds is 7. The van der Waals surface area contributed by atoms with E-state index in [2.05, 4.69) is 41.2 Å². The number of aliphatic imine (C=N–C) groups is 1. The van der Waals surface area contributed by atoms with E-state index in [1.165, 1.54) is 18.2 Å². The first-order chi connectivity index (χ1) is 13.8. The average Bonchev–Trinajstić information content (AvgIpc) is 3.44. The molecule has 1 aromatic carbocycles. The molecule has 3 rings (SSSR count). The third kappa shape index (κ3) is 7.73. The van der Waals surface area contributed by atoms with Crippen molar-refractivity contribution in [3.63, 3.8) is 0 Å². The van der Waals surface area contributed by atoms with Crippen LogP contribution in [0.3, 0.4) is 0 Å². The summed E-state index contributed by atoms with van der Waals surface area (Å²) in [6.45, 7) is 0.656. The number of hydrogen-bond acceptors (Lipinski definition) is 10. The number of halogens is 2. The maximum atomic E-state index is 13.2. The molecule has 1 aliphatic carbocycles. The summed E-state index contributed by atoms with van der Waals surface area (Å²) in [6.07, 6.45) is 3.76. The lowest BCUT2D eigenvalue weighted by atomic mass is 10.3. The number of nitrogens with zero attached hydrogens (tertiary/aromatic N) is 3. The van der Waals surface area contributed by atoms with Gasteiger partial charge in [0.1, 0.15) is 5.82 Å². The van der Waals surface area contributed by atoms with Crippen LogP contribution in [0.15, 0.2) is 32.3 Å². The second-order valence-corrected chi connectivity index (χ2v) is 9.68. The van der Waals surface area contributed by atoms with Gasteiger partial charge in [0.2, 0.25) is 5.82 Å². The molecule has 1 aliphatic rings. The zero-order valence-corrected chi connectivity index (χ0v) is 18.6. The number of nitrogens with two attached hydrogens (primary N) is 1. The second-order valence-electron chi connectivity index (χ2n) is 5.89. The largest absolute Gasteiger partial charge is 0.364 e. The summed E-state index contributed by atoms with van der Waals surface area (Å²) in [5.41, 5.74) is 2.60. The van der Waals surface area contributed by atoms with Gasteiger partial charge in [0.25, 0.3) is 0 Å². The Morgan fingerprint density at radius 1 is 1.45 bits per heavy atom. The van der Waals surface area contributed by atoms with Crippen LogP contribution < -0.4 is 15.9 Å². The molecule has 10 nitrogen and oxygen atoms in total. The highest BCUT2D eigenvalue weighted by molar-refractivity contribution is 9.10. The molecule has 0 spiro atoms. The Labute approximate surface area is 181 Å². The van der Waals surface area contributed by atoms with Crippen LogP contribution in [0.1, 0.15) is 18.5 Å². The maximum absolute atomic E-state index is 13.2. The van der Waals surface area contributed by atoms with Crippen LogP contribution >= 0.6 is 38.5 Å². The van der Waals surface area contributed by atoms with E-state index in [1.807, 2.05) is 11.7 Å². The van der Waals surface area contributed by atoms with Gasteiger partial charge in [-0.25, -0.2) is 19.2 Å². The van der Waals surface area contributed by atoms with Crippen molar-refractivity contribution in [2.75, 3.05) is 23.9 Å². The van der Waals surface area contributed by atoms with Gasteiger partial charge >= 0.3 is 0 Å². The minimum atomic E-state index is -2.63. The number of aromatic nitrogens is 2. The highest BCUT2D eigenvalue weighted by Crippen LogP contribution is 2.49. The fourth-order valence-electron chi connectivity index (χ4n) is 1.96. The molecule has 14 heteroatoms. The third-order valence-corrected chi connectivity index (χ3v) is 6.25. The molecule has 1 fully saturated rings. The van der Waals surface area contributed by atoms with Crippen LogP contribution in [0.25, 0.3) is 0 Å². The Morgan fingerprint density at radius 3 is 2.69 bits per heavy atom. The fraction of sp³-hybridized carbons (Fsp3) is 0.400. The zero-order chi connectivity index (χ0) is 21.4. The molecule has 1 heterocycles. The highest BCUT2D eigenvalue weighted by Gasteiger charge is 2.32. The van der Waals surface area contributed by atoms with E-state index in [-0.39, 0.29) is 21.3 Å². The highest BCUT2D eigenvalue weighted by atomic mass is 79.9. The number of anilines is 1. The molecular weight excluding hydrogens is 491 g/mol. The Kier molecular flexibility index (Phi) is 9.13. The Hall–Kier alpha value is -1.42. The monoisotopic (exact) mass is 512 g/mol. The van der Waals surface area contributed by atoms with Crippen LogP contribution in [0.2, 0.25) is 0 Å². The number of amidine groups is 1. The number of hydroxylamine groups is 1. The molecule has 0 bridgehead atoms. The van der Waals surface area contributed by atoms with Crippen molar-refractivity contribution in [3.05, 3.63) is 34.2 Å². The van der Waals surface area contributed by atoms with E-state index < -0.39 is 16.6 Å². The molecule has 29 heavy (non-hydrogen) atoms. The summed E-state index contributed by atoms with van der Waals surface area (Å²) < 4.78 is 35.3. The number of thioether (sulfide) groups is 1. The van der Waals surface area contributed by atoms with E-state index in [0.29, 0.717) is 18.1 Å². The van der Waals surface area contributed by atoms with Gasteiger partial charge in [0.05, 0.1) is 15.4 Å². The summed E-state index contributed by atoms with van der Waals surface area (Å²) in [6, 6.07) is 4.20. The van der Waals surface area contributed by atoms with Crippen molar-refractivity contribution in [3.8, 4) is 0 Å². The summed E-state index contributed by atoms with van der Waals surface area (Å²) in [5.74, 6) is 0.859. The maximum Gasteiger partial charge on any atom is 0.202 e. The van der Waals surface area contributed by atoms with Crippen LogP contribution in [0.5, 0.6) is 0 Å². The molecule has 7 N–H and O–H groups in total. The van der Waals surface area contributed by atoms with Gasteiger partial charge in [-0.3, -0.25) is 19.8 Å². The lowest BCUT2D eigenvalue weighted by molar-refractivity contribution is 0.234. The lowest BCUT2D eigenvalue weighted by Gasteiger charge is -2.25. The summed E-state index contributed by atoms with van der Waals surface area (Å²) >= 11 is 4.75. The van der Waals surface area contributed by atoms with Gasteiger partial charge in [-0.05, 0) is 63.5 Å². The van der Waals surface area contributed by atoms with Gasteiger partial charge in [-0.15, -0.1) is 10.8 Å². The van der Waals surface area contributed by atoms with Crippen molar-refractivity contribution >= 4 is 55.8 Å². The predicted molar refractivity (Wildman–Crippen MR) is 116 cm³/mol. The Morgan fingerprint density at radius 2 is 2.17 bits per heavy atom. The zero-order valence-electron chi connectivity index (χ0n) is 15.4. The molecule has 0 atom stereocenters. The van der Waals surface area contributed by atoms with Gasteiger partial charge in [0.15, 0.2) is 11.5 Å². The van der Waals surface area contributed by atoms with Gasteiger partial charge in [0, 0.05) is 12.3 Å². The second kappa shape index (κ2) is 11.1. The molecule has 0 amide bonds. The van der Waals surface area contributed by atoms with Crippen LogP contribution in [-0.4, -0.2) is 54.3 Å². The molecule has 1 saturated carbocycles. The van der Waals surface area contributed by atoms with E-state index in [9.17, 15) is 9.60 Å². The van der Waals surface area contributed by atoms with E-state index in [0.717, 1.165) is 18.6 Å². The summed E-state index contributed by atoms with van der Waals surface area (Å²) in [7, 11) is -2.63. The van der Waals surface area contributed by atoms with Crippen LogP contribution in [-0.2, 0) is 0 Å². The molecule has 2 aromatic rings. The van der Waals surface area contributed by atoms with Gasteiger partial charge in [-0.2, -0.15) is 11.8 Å². The van der Waals surface area contributed by atoms with Crippen LogP contribution in [0.4, 0.5) is 15.9 Å². The van der Waals surface area contributed by atoms with E-state index >= 15 is 0 Å². The molecule has 1 aromatic heterocycles. The van der Waals surface area contributed by atoms with Crippen LogP contribution in [0, 0.1) is 5.82 Å². The first-order valence-electron chi connectivity index (χ1n) is 8.30.